The Kier molecular flexibility index (Phi) is 5.93. The van der Waals surface area contributed by atoms with Crippen molar-refractivity contribution in [3.63, 3.8) is 0 Å². The maximum Gasteiger partial charge on any atom is 0.305 e. The van der Waals surface area contributed by atoms with Gasteiger partial charge in [-0.3, -0.25) is 9.59 Å². The summed E-state index contributed by atoms with van der Waals surface area (Å²) >= 11 is 6.55. The van der Waals surface area contributed by atoms with Crippen molar-refractivity contribution in [3.05, 3.63) is 26.9 Å². The lowest BCUT2D eigenvalue weighted by atomic mass is 10.2. The van der Waals surface area contributed by atoms with Crippen molar-refractivity contribution >= 4 is 43.7 Å². The summed E-state index contributed by atoms with van der Waals surface area (Å²) in [4.78, 5) is 28.6. The van der Waals surface area contributed by atoms with Crippen LogP contribution in [0.25, 0.3) is 0 Å². The summed E-state index contributed by atoms with van der Waals surface area (Å²) < 4.78 is 1.34. The molecule has 1 rings (SSSR count). The van der Waals surface area contributed by atoms with E-state index in [-0.39, 0.29) is 30.6 Å². The summed E-state index contributed by atoms with van der Waals surface area (Å²) in [6.07, 6.45) is 1.45. The van der Waals surface area contributed by atoms with Crippen molar-refractivity contribution in [2.75, 3.05) is 6.54 Å². The Bertz CT molecular complexity index is 492. The second-order valence-electron chi connectivity index (χ2n) is 4.22. The molecule has 0 atom stereocenters. The number of hydrogen-bond acceptors (Lipinski definition) is 3. The fourth-order valence-corrected chi connectivity index (χ4v) is 2.68. The lowest BCUT2D eigenvalue weighted by Gasteiger charge is -2.26. The molecule has 0 bridgehead atoms. The van der Waals surface area contributed by atoms with Crippen LogP contribution in [0.5, 0.6) is 0 Å². The zero-order valence-corrected chi connectivity index (χ0v) is 13.7. The molecule has 1 aromatic rings. The van der Waals surface area contributed by atoms with Gasteiger partial charge in [-0.15, -0.1) is 0 Å². The van der Waals surface area contributed by atoms with Gasteiger partial charge in [-0.25, -0.2) is 4.98 Å². The van der Waals surface area contributed by atoms with E-state index in [9.17, 15) is 9.59 Å². The van der Waals surface area contributed by atoms with Gasteiger partial charge in [0.15, 0.2) is 0 Å². The minimum absolute atomic E-state index is 0.0853. The third-order valence-electron chi connectivity index (χ3n) is 2.46. The van der Waals surface area contributed by atoms with Crippen LogP contribution in [0.3, 0.4) is 0 Å². The predicted molar refractivity (Wildman–Crippen MR) is 78.1 cm³/mol. The number of carboxylic acid groups (broad SMARTS) is 1. The highest BCUT2D eigenvalue weighted by molar-refractivity contribution is 9.11. The lowest BCUT2D eigenvalue weighted by Crippen LogP contribution is -2.39. The Labute approximate surface area is 128 Å². The van der Waals surface area contributed by atoms with Crippen LogP contribution in [0.4, 0.5) is 0 Å². The first-order valence-corrected chi connectivity index (χ1v) is 7.25. The van der Waals surface area contributed by atoms with Crippen molar-refractivity contribution in [2.45, 2.75) is 26.3 Å². The molecule has 0 aliphatic carbocycles. The summed E-state index contributed by atoms with van der Waals surface area (Å²) in [5.74, 6) is -1.21. The van der Waals surface area contributed by atoms with Gasteiger partial charge in [0.05, 0.1) is 10.9 Å². The number of hydrogen-bond donors (Lipinski definition) is 1. The van der Waals surface area contributed by atoms with Gasteiger partial charge in [0.1, 0.15) is 5.69 Å². The largest absolute Gasteiger partial charge is 0.481 e. The maximum absolute atomic E-state index is 12.4. The van der Waals surface area contributed by atoms with Crippen LogP contribution in [0, 0.1) is 0 Å². The molecule has 0 saturated heterocycles. The number of aromatic nitrogens is 1. The van der Waals surface area contributed by atoms with Crippen LogP contribution in [0.1, 0.15) is 30.8 Å². The standard InChI is InChI=1S/C12H14Br2N2O3/c1-7(2)16(4-3-10(17)18)12(19)11-9(14)5-8(13)6-15-11/h5-7H,3-4H2,1-2H3,(H,17,18). The molecule has 19 heavy (non-hydrogen) atoms. The Morgan fingerprint density at radius 1 is 1.42 bits per heavy atom. The number of carbonyl (C=O) groups excluding carboxylic acids is 1. The smallest absolute Gasteiger partial charge is 0.305 e. The van der Waals surface area contributed by atoms with Crippen LogP contribution in [-0.4, -0.2) is 39.5 Å². The molecule has 7 heteroatoms. The molecule has 0 saturated carbocycles. The molecule has 5 nitrogen and oxygen atoms in total. The second kappa shape index (κ2) is 7.00. The summed E-state index contributed by atoms with van der Waals surface area (Å²) in [7, 11) is 0. The second-order valence-corrected chi connectivity index (χ2v) is 5.99. The van der Waals surface area contributed by atoms with Gasteiger partial charge in [-0.2, -0.15) is 0 Å². The van der Waals surface area contributed by atoms with Gasteiger partial charge in [0.25, 0.3) is 5.91 Å². The number of rotatable bonds is 5. The highest BCUT2D eigenvalue weighted by atomic mass is 79.9. The van der Waals surface area contributed by atoms with E-state index in [1.54, 1.807) is 6.07 Å². The van der Waals surface area contributed by atoms with Crippen molar-refractivity contribution in [2.24, 2.45) is 0 Å². The first-order chi connectivity index (χ1) is 8.82. The van der Waals surface area contributed by atoms with Crippen LogP contribution in [-0.2, 0) is 4.79 Å². The molecule has 0 unspecified atom stereocenters. The average Bonchev–Trinajstić information content (AvgIpc) is 2.27. The number of aliphatic carboxylic acids is 1. The minimum Gasteiger partial charge on any atom is -0.481 e. The molecule has 0 aliphatic heterocycles. The molecule has 0 aliphatic rings. The predicted octanol–water partition coefficient (Wildman–Crippen LogP) is 2.93. The van der Waals surface area contributed by atoms with E-state index in [2.05, 4.69) is 36.8 Å². The molecule has 0 radical (unpaired) electrons. The fourth-order valence-electron chi connectivity index (χ4n) is 1.52. The molecule has 0 spiro atoms. The number of pyridine rings is 1. The highest BCUT2D eigenvalue weighted by Crippen LogP contribution is 2.21. The van der Waals surface area contributed by atoms with Crippen LogP contribution in [0.15, 0.2) is 21.2 Å². The minimum atomic E-state index is -0.929. The van der Waals surface area contributed by atoms with Crippen molar-refractivity contribution < 1.29 is 14.7 Å². The molecule has 1 N–H and O–H groups in total. The number of nitrogens with zero attached hydrogens (tertiary/aromatic N) is 2. The fraction of sp³-hybridized carbons (Fsp3) is 0.417. The van der Waals surface area contributed by atoms with Crippen LogP contribution >= 0.6 is 31.9 Å². The van der Waals surface area contributed by atoms with Crippen molar-refractivity contribution in [1.29, 1.82) is 0 Å². The quantitative estimate of drug-likeness (QED) is 0.834. The monoisotopic (exact) mass is 392 g/mol. The maximum atomic E-state index is 12.4. The van der Waals surface area contributed by atoms with E-state index < -0.39 is 5.97 Å². The normalized spacial score (nSPS) is 10.6. The highest BCUT2D eigenvalue weighted by Gasteiger charge is 2.22. The number of carboxylic acids is 1. The SMILES string of the molecule is CC(C)N(CCC(=O)O)C(=O)c1ncc(Br)cc1Br. The van der Waals surface area contributed by atoms with Crippen LogP contribution < -0.4 is 0 Å². The third kappa shape index (κ3) is 4.58. The van der Waals surface area contributed by atoms with Gasteiger partial charge in [0, 0.05) is 23.3 Å². The van der Waals surface area contributed by atoms with E-state index in [0.29, 0.717) is 4.47 Å². The zero-order chi connectivity index (χ0) is 14.6. The molecular formula is C12H14Br2N2O3. The van der Waals surface area contributed by atoms with Gasteiger partial charge in [0.2, 0.25) is 0 Å². The number of carbonyl (C=O) groups is 2. The molecule has 0 fully saturated rings. The molecular weight excluding hydrogens is 380 g/mol. The summed E-state index contributed by atoms with van der Waals surface area (Å²) in [6.45, 7) is 3.84. The molecule has 104 valence electrons. The zero-order valence-electron chi connectivity index (χ0n) is 10.6. The summed E-state index contributed by atoms with van der Waals surface area (Å²) in [5.41, 5.74) is 0.280. The van der Waals surface area contributed by atoms with Crippen molar-refractivity contribution in [1.82, 2.24) is 9.88 Å². The average molecular weight is 394 g/mol. The lowest BCUT2D eigenvalue weighted by molar-refractivity contribution is -0.137. The van der Waals surface area contributed by atoms with E-state index >= 15 is 0 Å². The van der Waals surface area contributed by atoms with Gasteiger partial charge < -0.3 is 10.0 Å². The van der Waals surface area contributed by atoms with Gasteiger partial charge in [-0.05, 0) is 51.8 Å². The Balaban J connectivity index is 2.95. The van der Waals surface area contributed by atoms with Crippen LogP contribution in [0.2, 0.25) is 0 Å². The Morgan fingerprint density at radius 2 is 2.05 bits per heavy atom. The van der Waals surface area contributed by atoms with E-state index in [1.165, 1.54) is 11.1 Å². The molecule has 1 heterocycles. The molecule has 0 aromatic carbocycles. The molecule has 1 amide bonds. The topological polar surface area (TPSA) is 70.5 Å². The first-order valence-electron chi connectivity index (χ1n) is 5.66. The van der Waals surface area contributed by atoms with Crippen molar-refractivity contribution in [3.8, 4) is 0 Å². The van der Waals surface area contributed by atoms with E-state index in [4.69, 9.17) is 5.11 Å². The first kappa shape index (κ1) is 16.1. The summed E-state index contributed by atoms with van der Waals surface area (Å²) in [6, 6.07) is 1.64. The number of halogens is 2. The van der Waals surface area contributed by atoms with Gasteiger partial charge in [-0.1, -0.05) is 0 Å². The Morgan fingerprint density at radius 3 is 2.53 bits per heavy atom. The van der Waals surface area contributed by atoms with E-state index in [0.717, 1.165) is 4.47 Å². The van der Waals surface area contributed by atoms with Gasteiger partial charge >= 0.3 is 5.97 Å². The molecule has 1 aromatic heterocycles. The Hall–Kier alpha value is -0.950. The summed E-state index contributed by atoms with van der Waals surface area (Å²) in [5, 5.41) is 8.72. The number of amides is 1. The third-order valence-corrected chi connectivity index (χ3v) is 3.50. The van der Waals surface area contributed by atoms with E-state index in [1.807, 2.05) is 13.8 Å².